The molecule has 0 amide bonds. The quantitative estimate of drug-likeness (QED) is 0.509. The van der Waals surface area contributed by atoms with E-state index in [0.717, 1.165) is 5.92 Å². The van der Waals surface area contributed by atoms with Crippen LogP contribution in [0.4, 0.5) is 0 Å². The van der Waals surface area contributed by atoms with Gasteiger partial charge in [0.05, 0.1) is 0 Å². The Hall–Kier alpha value is -0.780. The molecule has 1 aliphatic rings. The van der Waals surface area contributed by atoms with E-state index in [9.17, 15) is 0 Å². The van der Waals surface area contributed by atoms with E-state index in [-0.39, 0.29) is 0 Å². The number of hydrogen-bond donors (Lipinski definition) is 0. The first kappa shape index (κ1) is 7.85. The van der Waals surface area contributed by atoms with E-state index in [1.165, 1.54) is 25.7 Å². The van der Waals surface area contributed by atoms with Crippen molar-refractivity contribution in [2.75, 3.05) is 0 Å². The summed E-state index contributed by atoms with van der Waals surface area (Å²) in [5.41, 5.74) is 3.18. The first-order valence-corrected chi connectivity index (χ1v) is 4.96. The first-order chi connectivity index (χ1) is 5.88. The Morgan fingerprint density at radius 1 is 1.17 bits per heavy atom. The largest absolute Gasteiger partial charge is 0.0620 e. The lowest BCUT2D eigenvalue weighted by Crippen LogP contribution is -1.94. The Morgan fingerprint density at radius 2 is 2.00 bits per heavy atom. The molecule has 0 heterocycles. The van der Waals surface area contributed by atoms with E-state index in [1.54, 1.807) is 11.1 Å². The summed E-state index contributed by atoms with van der Waals surface area (Å²) >= 11 is 0. The van der Waals surface area contributed by atoms with Crippen molar-refractivity contribution in [1.29, 1.82) is 0 Å². The molecule has 0 saturated heterocycles. The molecular formula is C12H16. The predicted molar refractivity (Wildman–Crippen MR) is 52.4 cm³/mol. The highest BCUT2D eigenvalue weighted by molar-refractivity contribution is 5.30. The summed E-state index contributed by atoms with van der Waals surface area (Å²) in [6, 6.07) is 8.92. The molecule has 0 spiro atoms. The van der Waals surface area contributed by atoms with E-state index >= 15 is 0 Å². The standard InChI is InChI=1S/C12H16/c1-10-6-2-3-7-11-8-4-5-9-12(10)11/h4-5,8-10H,2-3,6-7H2,1H3/t10-/m1/s1. The average Bonchev–Trinajstić information content (AvgIpc) is 2.29. The van der Waals surface area contributed by atoms with Crippen LogP contribution in [0, 0.1) is 0 Å². The van der Waals surface area contributed by atoms with Gasteiger partial charge in [0.25, 0.3) is 0 Å². The van der Waals surface area contributed by atoms with Crippen molar-refractivity contribution in [3.8, 4) is 0 Å². The van der Waals surface area contributed by atoms with Crippen molar-refractivity contribution >= 4 is 0 Å². The Morgan fingerprint density at radius 3 is 2.92 bits per heavy atom. The van der Waals surface area contributed by atoms with Crippen molar-refractivity contribution in [2.24, 2.45) is 0 Å². The molecule has 1 atom stereocenters. The summed E-state index contributed by atoms with van der Waals surface area (Å²) in [5.74, 6) is 0.781. The second-order valence-corrected chi connectivity index (χ2v) is 3.85. The highest BCUT2D eigenvalue weighted by Gasteiger charge is 2.12. The average molecular weight is 160 g/mol. The van der Waals surface area contributed by atoms with Crippen LogP contribution in [0.25, 0.3) is 0 Å². The number of aryl methyl sites for hydroxylation is 1. The van der Waals surface area contributed by atoms with Gasteiger partial charge >= 0.3 is 0 Å². The van der Waals surface area contributed by atoms with Gasteiger partial charge in [-0.2, -0.15) is 0 Å². The summed E-state index contributed by atoms with van der Waals surface area (Å²) in [5, 5.41) is 0. The highest BCUT2D eigenvalue weighted by Crippen LogP contribution is 2.29. The molecule has 12 heavy (non-hydrogen) atoms. The number of benzene rings is 1. The Labute approximate surface area is 74.6 Å². The van der Waals surface area contributed by atoms with Crippen LogP contribution in [0.1, 0.15) is 43.2 Å². The Bertz CT molecular complexity index is 262. The first-order valence-electron chi connectivity index (χ1n) is 4.96. The van der Waals surface area contributed by atoms with Crippen LogP contribution in [0.15, 0.2) is 24.3 Å². The van der Waals surface area contributed by atoms with E-state index < -0.39 is 0 Å². The predicted octanol–water partition coefficient (Wildman–Crippen LogP) is 3.52. The Kier molecular flexibility index (Phi) is 2.16. The molecular weight excluding hydrogens is 144 g/mol. The van der Waals surface area contributed by atoms with E-state index in [1.807, 2.05) is 0 Å². The van der Waals surface area contributed by atoms with Crippen LogP contribution in [-0.4, -0.2) is 0 Å². The van der Waals surface area contributed by atoms with Gasteiger partial charge in [-0.05, 0) is 36.3 Å². The zero-order valence-corrected chi connectivity index (χ0v) is 7.72. The molecule has 0 aliphatic heterocycles. The second-order valence-electron chi connectivity index (χ2n) is 3.85. The Balaban J connectivity index is 2.39. The lowest BCUT2D eigenvalue weighted by atomic mass is 9.95. The fourth-order valence-electron chi connectivity index (χ4n) is 2.16. The van der Waals surface area contributed by atoms with Crippen LogP contribution in [0.2, 0.25) is 0 Å². The van der Waals surface area contributed by atoms with Crippen LogP contribution >= 0.6 is 0 Å². The highest BCUT2D eigenvalue weighted by atomic mass is 14.2. The van der Waals surface area contributed by atoms with Gasteiger partial charge in [0.1, 0.15) is 0 Å². The van der Waals surface area contributed by atoms with Crippen molar-refractivity contribution < 1.29 is 0 Å². The molecule has 1 aliphatic carbocycles. The van der Waals surface area contributed by atoms with Gasteiger partial charge in [-0.1, -0.05) is 37.6 Å². The molecule has 0 heteroatoms. The van der Waals surface area contributed by atoms with Gasteiger partial charge in [-0.15, -0.1) is 0 Å². The summed E-state index contributed by atoms with van der Waals surface area (Å²) in [4.78, 5) is 0. The zero-order chi connectivity index (χ0) is 8.39. The van der Waals surface area contributed by atoms with Gasteiger partial charge in [0.2, 0.25) is 0 Å². The molecule has 0 fully saturated rings. The minimum atomic E-state index is 0.781. The summed E-state index contributed by atoms with van der Waals surface area (Å²) in [7, 11) is 0. The topological polar surface area (TPSA) is 0 Å². The molecule has 1 aromatic carbocycles. The van der Waals surface area contributed by atoms with Crippen LogP contribution in [-0.2, 0) is 6.42 Å². The van der Waals surface area contributed by atoms with Crippen molar-refractivity contribution in [3.63, 3.8) is 0 Å². The summed E-state index contributed by atoms with van der Waals surface area (Å²) < 4.78 is 0. The normalized spacial score (nSPS) is 22.9. The van der Waals surface area contributed by atoms with E-state index in [2.05, 4.69) is 31.2 Å². The molecule has 2 rings (SSSR count). The SMILES string of the molecule is C[C@@H]1CCCCc2ccccc21. The van der Waals surface area contributed by atoms with Crippen LogP contribution in [0.3, 0.4) is 0 Å². The molecule has 0 unspecified atom stereocenters. The van der Waals surface area contributed by atoms with E-state index in [0.29, 0.717) is 0 Å². The molecule has 0 nitrogen and oxygen atoms in total. The smallest absolute Gasteiger partial charge is 0.0188 e. The molecule has 0 radical (unpaired) electrons. The molecule has 64 valence electrons. The molecule has 0 bridgehead atoms. The van der Waals surface area contributed by atoms with Gasteiger partial charge in [-0.25, -0.2) is 0 Å². The number of fused-ring (bicyclic) bond motifs is 1. The molecule has 0 N–H and O–H groups in total. The van der Waals surface area contributed by atoms with Gasteiger partial charge in [-0.3, -0.25) is 0 Å². The van der Waals surface area contributed by atoms with Crippen molar-refractivity contribution in [3.05, 3.63) is 35.4 Å². The molecule has 1 aromatic rings. The summed E-state index contributed by atoms with van der Waals surface area (Å²) in [6.45, 7) is 2.35. The van der Waals surface area contributed by atoms with Gasteiger partial charge in [0, 0.05) is 0 Å². The lowest BCUT2D eigenvalue weighted by Gasteiger charge is -2.11. The van der Waals surface area contributed by atoms with Crippen molar-refractivity contribution in [2.45, 2.75) is 38.5 Å². The van der Waals surface area contributed by atoms with Gasteiger partial charge < -0.3 is 0 Å². The second kappa shape index (κ2) is 3.30. The third-order valence-electron chi connectivity index (χ3n) is 2.92. The minimum absolute atomic E-state index is 0.781. The monoisotopic (exact) mass is 160 g/mol. The fraction of sp³-hybridized carbons (Fsp3) is 0.500. The maximum atomic E-state index is 2.35. The molecule has 0 aromatic heterocycles. The van der Waals surface area contributed by atoms with E-state index in [4.69, 9.17) is 0 Å². The number of rotatable bonds is 0. The fourth-order valence-corrected chi connectivity index (χ4v) is 2.16. The third kappa shape index (κ3) is 1.38. The maximum Gasteiger partial charge on any atom is -0.0188 e. The third-order valence-corrected chi connectivity index (χ3v) is 2.92. The van der Waals surface area contributed by atoms with Gasteiger partial charge in [0.15, 0.2) is 0 Å². The number of hydrogen-bond acceptors (Lipinski definition) is 0. The summed E-state index contributed by atoms with van der Waals surface area (Å²) in [6.07, 6.45) is 5.44. The zero-order valence-electron chi connectivity index (χ0n) is 7.72. The lowest BCUT2D eigenvalue weighted by molar-refractivity contribution is 0.635. The maximum absolute atomic E-state index is 2.35. The molecule has 0 saturated carbocycles. The van der Waals surface area contributed by atoms with Crippen molar-refractivity contribution in [1.82, 2.24) is 0 Å². The minimum Gasteiger partial charge on any atom is -0.0620 e. The van der Waals surface area contributed by atoms with Crippen LogP contribution < -0.4 is 0 Å². The van der Waals surface area contributed by atoms with Crippen LogP contribution in [0.5, 0.6) is 0 Å².